The highest BCUT2D eigenvalue weighted by atomic mass is 16.7. The monoisotopic (exact) mass is 548 g/mol. The van der Waals surface area contributed by atoms with E-state index in [1.165, 1.54) is 5.56 Å². The Morgan fingerprint density at radius 3 is 2.70 bits per heavy atom. The summed E-state index contributed by atoms with van der Waals surface area (Å²) in [7, 11) is 2.15. The molecule has 216 valence electrons. The molecule has 1 aromatic heterocycles. The van der Waals surface area contributed by atoms with Crippen LogP contribution in [0.4, 0.5) is 5.69 Å². The molecule has 1 amide bonds. The molecule has 40 heavy (non-hydrogen) atoms. The van der Waals surface area contributed by atoms with E-state index >= 15 is 0 Å². The van der Waals surface area contributed by atoms with Crippen LogP contribution in [0.5, 0.6) is 11.5 Å². The summed E-state index contributed by atoms with van der Waals surface area (Å²) in [5.74, 6) is 2.08. The molecule has 0 aliphatic carbocycles. The van der Waals surface area contributed by atoms with Crippen molar-refractivity contribution in [3.05, 3.63) is 48.3 Å². The predicted octanol–water partition coefficient (Wildman–Crippen LogP) is 4.74. The number of hydrogen-bond acceptors (Lipinski definition) is 7. The van der Waals surface area contributed by atoms with Gasteiger partial charge in [0.05, 0.1) is 18.4 Å². The number of carbonyl (C=O) groups is 2. The number of benzene rings is 1. The number of aldehydes is 1. The second kappa shape index (κ2) is 16.6. The molecule has 1 aromatic carbocycles. The summed E-state index contributed by atoms with van der Waals surface area (Å²) in [5, 5.41) is 0. The first-order valence-electron chi connectivity index (χ1n) is 14.4. The van der Waals surface area contributed by atoms with E-state index in [2.05, 4.69) is 53.7 Å². The maximum atomic E-state index is 13.7. The fourth-order valence-corrected chi connectivity index (χ4v) is 5.46. The summed E-state index contributed by atoms with van der Waals surface area (Å²) in [6.45, 7) is 6.31. The van der Waals surface area contributed by atoms with Crippen molar-refractivity contribution in [2.45, 2.75) is 63.8 Å². The molecule has 2 aliphatic heterocycles. The number of pyridine rings is 1. The smallest absolute Gasteiger partial charge is 0.241 e. The van der Waals surface area contributed by atoms with Crippen molar-refractivity contribution >= 4 is 17.9 Å². The lowest BCUT2D eigenvalue weighted by Gasteiger charge is -2.29. The summed E-state index contributed by atoms with van der Waals surface area (Å²) in [6.07, 6.45) is 19.1. The Labute approximate surface area is 239 Å². The zero-order valence-electron chi connectivity index (χ0n) is 24.0. The van der Waals surface area contributed by atoms with Gasteiger partial charge in [-0.05, 0) is 88.0 Å². The summed E-state index contributed by atoms with van der Waals surface area (Å²) >= 11 is 0. The van der Waals surface area contributed by atoms with Gasteiger partial charge in [0.25, 0.3) is 0 Å². The third kappa shape index (κ3) is 8.80. The summed E-state index contributed by atoms with van der Waals surface area (Å²) in [5.41, 5.74) is 2.11. The molecule has 0 spiro atoms. The molecular formula is C32H44N4O4. The van der Waals surface area contributed by atoms with E-state index in [0.717, 1.165) is 81.6 Å². The highest BCUT2D eigenvalue weighted by Crippen LogP contribution is 2.39. The minimum atomic E-state index is 0.130. The molecule has 0 saturated carbocycles. The van der Waals surface area contributed by atoms with Gasteiger partial charge in [-0.3, -0.25) is 14.7 Å². The number of aromatic nitrogens is 1. The Balaban J connectivity index is 0.00000216. The zero-order valence-corrected chi connectivity index (χ0v) is 24.0. The van der Waals surface area contributed by atoms with Gasteiger partial charge in [0, 0.05) is 31.7 Å². The molecule has 8 nitrogen and oxygen atoms in total. The Morgan fingerprint density at radius 1 is 1.12 bits per heavy atom. The lowest BCUT2D eigenvalue weighted by molar-refractivity contribution is -0.120. The number of terminal acetylenes is 1. The summed E-state index contributed by atoms with van der Waals surface area (Å²) in [6, 6.07) is 10.4. The van der Waals surface area contributed by atoms with Gasteiger partial charge in [0.15, 0.2) is 11.5 Å². The van der Waals surface area contributed by atoms with Gasteiger partial charge in [0.2, 0.25) is 12.7 Å². The van der Waals surface area contributed by atoms with Gasteiger partial charge in [-0.1, -0.05) is 19.4 Å². The van der Waals surface area contributed by atoms with Crippen LogP contribution < -0.4 is 14.4 Å². The van der Waals surface area contributed by atoms with Crippen molar-refractivity contribution in [2.24, 2.45) is 0 Å². The van der Waals surface area contributed by atoms with E-state index in [4.69, 9.17) is 9.47 Å². The number of fused-ring (bicyclic) bond motifs is 1. The highest BCUT2D eigenvalue weighted by molar-refractivity contribution is 5.94. The van der Waals surface area contributed by atoms with Crippen LogP contribution in [-0.2, 0) is 9.59 Å². The largest absolute Gasteiger partial charge is 0.454 e. The van der Waals surface area contributed by atoms with E-state index in [0.29, 0.717) is 31.5 Å². The van der Waals surface area contributed by atoms with E-state index < -0.39 is 0 Å². The molecule has 1 fully saturated rings. The van der Waals surface area contributed by atoms with Gasteiger partial charge in [-0.2, -0.15) is 0 Å². The first kappa shape index (κ1) is 31.1. The Bertz CT molecular complexity index is 1080. The third-order valence-electron chi connectivity index (χ3n) is 7.68. The van der Waals surface area contributed by atoms with Gasteiger partial charge in [-0.15, -0.1) is 12.8 Å². The SMILES string of the molecule is C#C.CCCCN(C(=O)CN1C[C@H](c2ccc3c(c2)OCO3)C[C@@H]1CCN(C)CCCCC=O)c1cccnc1. The number of unbranched alkanes of at least 4 members (excludes halogenated alkanes) is 3. The highest BCUT2D eigenvalue weighted by Gasteiger charge is 2.35. The number of rotatable bonds is 15. The number of likely N-dealkylation sites (tertiary alicyclic amines) is 1. The predicted molar refractivity (Wildman–Crippen MR) is 159 cm³/mol. The summed E-state index contributed by atoms with van der Waals surface area (Å²) in [4.78, 5) is 35.2. The normalized spacial score (nSPS) is 17.8. The average Bonchev–Trinajstić information content (AvgIpc) is 3.62. The molecule has 0 unspecified atom stereocenters. The molecule has 0 radical (unpaired) electrons. The number of hydrogen-bond donors (Lipinski definition) is 0. The van der Waals surface area contributed by atoms with E-state index in [-0.39, 0.29) is 12.7 Å². The van der Waals surface area contributed by atoms with Gasteiger partial charge < -0.3 is 24.1 Å². The lowest BCUT2D eigenvalue weighted by atomic mass is 9.95. The van der Waals surface area contributed by atoms with E-state index in [1.54, 1.807) is 12.4 Å². The van der Waals surface area contributed by atoms with Gasteiger partial charge in [0.1, 0.15) is 6.29 Å². The molecule has 2 aliphatic rings. The number of amides is 1. The zero-order chi connectivity index (χ0) is 28.7. The van der Waals surface area contributed by atoms with Crippen molar-refractivity contribution in [3.63, 3.8) is 0 Å². The van der Waals surface area contributed by atoms with Crippen LogP contribution in [0.3, 0.4) is 0 Å². The summed E-state index contributed by atoms with van der Waals surface area (Å²) < 4.78 is 11.1. The average molecular weight is 549 g/mol. The topological polar surface area (TPSA) is 75.2 Å². The lowest BCUT2D eigenvalue weighted by Crippen LogP contribution is -2.43. The Morgan fingerprint density at radius 2 is 1.95 bits per heavy atom. The Hall–Kier alpha value is -3.41. The number of ether oxygens (including phenoxy) is 2. The molecule has 1 saturated heterocycles. The fourth-order valence-electron chi connectivity index (χ4n) is 5.46. The second-order valence-electron chi connectivity index (χ2n) is 10.5. The standard InChI is InChI=1S/C30H42N4O4.C2H2/c1-3-4-15-34(27-9-8-13-31-20-27)30(36)22-33-21-25(24-10-11-28-29(19-24)38-23-37-28)18-26(33)12-16-32(2)14-6-5-7-17-35;1-2/h8-11,13,17,19-20,25-26H,3-7,12,14-16,18,21-23H2,1-2H3;1-2H/t25-,26+;/m1./s1. The molecule has 0 N–H and O–H groups in total. The van der Waals surface area contributed by atoms with Crippen LogP contribution in [-0.4, -0.2) is 79.6 Å². The van der Waals surface area contributed by atoms with E-state index in [9.17, 15) is 9.59 Å². The van der Waals surface area contributed by atoms with Crippen molar-refractivity contribution in [2.75, 3.05) is 51.5 Å². The minimum Gasteiger partial charge on any atom is -0.454 e. The van der Waals surface area contributed by atoms with Crippen LogP contribution in [0, 0.1) is 12.8 Å². The molecule has 2 atom stereocenters. The first-order valence-corrected chi connectivity index (χ1v) is 14.4. The van der Waals surface area contributed by atoms with Crippen molar-refractivity contribution in [3.8, 4) is 24.3 Å². The first-order chi connectivity index (χ1) is 19.6. The molecule has 3 heterocycles. The number of nitrogens with zero attached hydrogens (tertiary/aromatic N) is 4. The molecule has 8 heteroatoms. The van der Waals surface area contributed by atoms with Crippen LogP contribution in [0.1, 0.15) is 63.4 Å². The van der Waals surface area contributed by atoms with Crippen LogP contribution in [0.2, 0.25) is 0 Å². The maximum absolute atomic E-state index is 13.7. The molecular weight excluding hydrogens is 504 g/mol. The fraction of sp³-hybridized carbons (Fsp3) is 0.531. The van der Waals surface area contributed by atoms with E-state index in [1.807, 2.05) is 23.1 Å². The Kier molecular flexibility index (Phi) is 12.9. The molecule has 4 rings (SSSR count). The minimum absolute atomic E-state index is 0.130. The van der Waals surface area contributed by atoms with Crippen molar-refractivity contribution < 1.29 is 19.1 Å². The number of carbonyl (C=O) groups excluding carboxylic acids is 2. The second-order valence-corrected chi connectivity index (χ2v) is 10.5. The molecule has 0 bridgehead atoms. The van der Waals surface area contributed by atoms with Gasteiger partial charge in [-0.25, -0.2) is 0 Å². The maximum Gasteiger partial charge on any atom is 0.241 e. The van der Waals surface area contributed by atoms with Gasteiger partial charge >= 0.3 is 0 Å². The van der Waals surface area contributed by atoms with Crippen LogP contribution in [0.15, 0.2) is 42.7 Å². The molecule has 2 aromatic rings. The number of anilines is 1. The van der Waals surface area contributed by atoms with Crippen LogP contribution in [0.25, 0.3) is 0 Å². The van der Waals surface area contributed by atoms with Crippen molar-refractivity contribution in [1.82, 2.24) is 14.8 Å². The van der Waals surface area contributed by atoms with Crippen molar-refractivity contribution in [1.29, 1.82) is 0 Å². The quantitative estimate of drug-likeness (QED) is 0.181. The third-order valence-corrected chi connectivity index (χ3v) is 7.68. The van der Waals surface area contributed by atoms with Crippen LogP contribution >= 0.6 is 0 Å².